The highest BCUT2D eigenvalue weighted by atomic mass is 32.2. The van der Waals surface area contributed by atoms with Gasteiger partial charge < -0.3 is 9.73 Å². The Morgan fingerprint density at radius 2 is 2.05 bits per heavy atom. The van der Waals surface area contributed by atoms with Gasteiger partial charge in [0.1, 0.15) is 5.82 Å². The van der Waals surface area contributed by atoms with Crippen LogP contribution >= 0.6 is 0 Å². The molecule has 7 heteroatoms. The van der Waals surface area contributed by atoms with E-state index in [-0.39, 0.29) is 18.0 Å². The molecule has 0 spiro atoms. The van der Waals surface area contributed by atoms with Crippen molar-refractivity contribution in [3.05, 3.63) is 53.7 Å². The number of hydrogen-bond acceptors (Lipinski definition) is 4. The highest BCUT2D eigenvalue weighted by molar-refractivity contribution is 7.89. The van der Waals surface area contributed by atoms with E-state index in [9.17, 15) is 12.8 Å². The summed E-state index contributed by atoms with van der Waals surface area (Å²) >= 11 is 0. The Bertz CT molecular complexity index is 669. The number of benzene rings is 1. The largest absolute Gasteiger partial charge is 0.472 e. The number of furan rings is 1. The molecule has 0 unspecified atom stereocenters. The zero-order chi connectivity index (χ0) is 14.6. The minimum atomic E-state index is -3.68. The predicted octanol–water partition coefficient (Wildman–Crippen LogP) is 1.62. The molecule has 0 saturated heterocycles. The van der Waals surface area contributed by atoms with Gasteiger partial charge in [-0.15, -0.1) is 0 Å². The van der Waals surface area contributed by atoms with E-state index < -0.39 is 15.8 Å². The highest BCUT2D eigenvalue weighted by Gasteiger charge is 2.16. The van der Waals surface area contributed by atoms with Gasteiger partial charge in [0.15, 0.2) is 0 Å². The second-order valence-electron chi connectivity index (χ2n) is 4.24. The first kappa shape index (κ1) is 14.7. The van der Waals surface area contributed by atoms with Crippen LogP contribution in [0.15, 0.2) is 46.1 Å². The number of sulfonamides is 1. The molecule has 1 aromatic carbocycles. The van der Waals surface area contributed by atoms with Crippen LogP contribution in [-0.2, 0) is 23.1 Å². The molecule has 0 amide bonds. The molecule has 5 nitrogen and oxygen atoms in total. The van der Waals surface area contributed by atoms with Gasteiger partial charge in [-0.05, 0) is 31.3 Å². The summed E-state index contributed by atoms with van der Waals surface area (Å²) < 4.78 is 45.0. The lowest BCUT2D eigenvalue weighted by Crippen LogP contribution is -2.23. The van der Waals surface area contributed by atoms with Gasteiger partial charge in [-0.1, -0.05) is 0 Å². The van der Waals surface area contributed by atoms with Crippen LogP contribution in [0.4, 0.5) is 4.39 Å². The third-order valence-corrected chi connectivity index (χ3v) is 4.14. The molecule has 2 rings (SSSR count). The molecule has 0 aliphatic rings. The van der Waals surface area contributed by atoms with Crippen molar-refractivity contribution in [2.75, 3.05) is 7.05 Å². The molecule has 0 saturated carbocycles. The van der Waals surface area contributed by atoms with Crippen LogP contribution < -0.4 is 10.0 Å². The van der Waals surface area contributed by atoms with Gasteiger partial charge in [-0.25, -0.2) is 17.5 Å². The number of halogens is 1. The topological polar surface area (TPSA) is 71.3 Å². The van der Waals surface area contributed by atoms with Gasteiger partial charge in [0.25, 0.3) is 0 Å². The molecule has 0 fully saturated rings. The van der Waals surface area contributed by atoms with E-state index in [0.29, 0.717) is 11.1 Å². The van der Waals surface area contributed by atoms with Crippen molar-refractivity contribution in [1.29, 1.82) is 0 Å². The standard InChI is InChI=1S/C13H15FN2O3S/c1-15-8-11-6-12(2-3-13(11)14)20(17,18)16-7-10-4-5-19-9-10/h2-6,9,15-16H,7-8H2,1H3. The van der Waals surface area contributed by atoms with Gasteiger partial charge >= 0.3 is 0 Å². The number of nitrogens with one attached hydrogen (secondary N) is 2. The van der Waals surface area contributed by atoms with Crippen LogP contribution in [0.2, 0.25) is 0 Å². The maximum absolute atomic E-state index is 13.5. The molecular formula is C13H15FN2O3S. The van der Waals surface area contributed by atoms with Gasteiger partial charge in [-0.2, -0.15) is 0 Å². The fourth-order valence-electron chi connectivity index (χ4n) is 1.70. The van der Waals surface area contributed by atoms with Crippen molar-refractivity contribution in [2.45, 2.75) is 18.0 Å². The summed E-state index contributed by atoms with van der Waals surface area (Å²) in [6.45, 7) is 0.383. The van der Waals surface area contributed by atoms with E-state index in [0.717, 1.165) is 6.07 Å². The Morgan fingerprint density at radius 3 is 2.70 bits per heavy atom. The van der Waals surface area contributed by atoms with Crippen LogP contribution in [0, 0.1) is 5.82 Å². The van der Waals surface area contributed by atoms with Crippen molar-refractivity contribution in [3.63, 3.8) is 0 Å². The molecule has 2 N–H and O–H groups in total. The van der Waals surface area contributed by atoms with Crippen LogP contribution in [0.1, 0.15) is 11.1 Å². The summed E-state index contributed by atoms with van der Waals surface area (Å²) in [5, 5.41) is 2.79. The van der Waals surface area contributed by atoms with E-state index in [1.165, 1.54) is 24.7 Å². The van der Waals surface area contributed by atoms with E-state index in [1.54, 1.807) is 13.1 Å². The molecule has 0 radical (unpaired) electrons. The van der Waals surface area contributed by atoms with Crippen molar-refractivity contribution in [3.8, 4) is 0 Å². The highest BCUT2D eigenvalue weighted by Crippen LogP contribution is 2.15. The first-order valence-electron chi connectivity index (χ1n) is 5.96. The van der Waals surface area contributed by atoms with E-state index >= 15 is 0 Å². The normalized spacial score (nSPS) is 11.7. The van der Waals surface area contributed by atoms with Crippen molar-refractivity contribution < 1.29 is 17.2 Å². The molecule has 1 aromatic heterocycles. The minimum absolute atomic E-state index is 0.0349. The summed E-state index contributed by atoms with van der Waals surface area (Å²) in [5.74, 6) is -0.437. The monoisotopic (exact) mass is 298 g/mol. The number of hydrogen-bond donors (Lipinski definition) is 2. The zero-order valence-electron chi connectivity index (χ0n) is 10.9. The fraction of sp³-hybridized carbons (Fsp3) is 0.231. The molecule has 0 bridgehead atoms. The Morgan fingerprint density at radius 1 is 1.25 bits per heavy atom. The Hall–Kier alpha value is -1.70. The average Bonchev–Trinajstić information content (AvgIpc) is 2.92. The summed E-state index contributed by atoms with van der Waals surface area (Å²) in [7, 11) is -2.02. The molecule has 0 aliphatic carbocycles. The third-order valence-electron chi connectivity index (χ3n) is 2.74. The van der Waals surface area contributed by atoms with E-state index in [4.69, 9.17) is 4.42 Å². The molecule has 108 valence electrons. The second-order valence-corrected chi connectivity index (χ2v) is 6.01. The maximum Gasteiger partial charge on any atom is 0.240 e. The van der Waals surface area contributed by atoms with Crippen LogP contribution in [0.5, 0.6) is 0 Å². The molecule has 0 aliphatic heterocycles. The van der Waals surface area contributed by atoms with Crippen LogP contribution in [-0.4, -0.2) is 15.5 Å². The van der Waals surface area contributed by atoms with E-state index in [2.05, 4.69) is 10.0 Å². The summed E-state index contributed by atoms with van der Waals surface area (Å²) in [6.07, 6.45) is 2.92. The Balaban J connectivity index is 2.18. The minimum Gasteiger partial charge on any atom is -0.472 e. The van der Waals surface area contributed by atoms with Crippen molar-refractivity contribution in [1.82, 2.24) is 10.0 Å². The maximum atomic E-state index is 13.5. The van der Waals surface area contributed by atoms with Gasteiger partial charge in [0.2, 0.25) is 10.0 Å². The Kier molecular flexibility index (Phi) is 4.53. The SMILES string of the molecule is CNCc1cc(S(=O)(=O)NCc2ccoc2)ccc1F. The third kappa shape index (κ3) is 3.44. The molecular weight excluding hydrogens is 283 g/mol. The lowest BCUT2D eigenvalue weighted by Gasteiger charge is -2.08. The fourth-order valence-corrected chi connectivity index (χ4v) is 2.77. The molecule has 0 atom stereocenters. The predicted molar refractivity (Wildman–Crippen MR) is 71.9 cm³/mol. The first-order valence-corrected chi connectivity index (χ1v) is 7.45. The quantitative estimate of drug-likeness (QED) is 0.850. The second kappa shape index (κ2) is 6.17. The molecule has 2 aromatic rings. The molecule has 1 heterocycles. The summed E-state index contributed by atoms with van der Waals surface area (Å²) in [4.78, 5) is 0.0349. The van der Waals surface area contributed by atoms with Crippen molar-refractivity contribution >= 4 is 10.0 Å². The number of rotatable bonds is 6. The summed E-state index contributed by atoms with van der Waals surface area (Å²) in [5.41, 5.74) is 1.02. The van der Waals surface area contributed by atoms with E-state index in [1.807, 2.05) is 0 Å². The first-order chi connectivity index (χ1) is 9.53. The Labute approximate surface area is 116 Å². The van der Waals surface area contributed by atoms with Crippen LogP contribution in [0.25, 0.3) is 0 Å². The lowest BCUT2D eigenvalue weighted by molar-refractivity contribution is 0.561. The molecule has 20 heavy (non-hydrogen) atoms. The van der Waals surface area contributed by atoms with Crippen LogP contribution in [0.3, 0.4) is 0 Å². The van der Waals surface area contributed by atoms with Gasteiger partial charge in [0, 0.05) is 24.2 Å². The van der Waals surface area contributed by atoms with Gasteiger partial charge in [-0.3, -0.25) is 0 Å². The zero-order valence-corrected chi connectivity index (χ0v) is 11.7. The lowest BCUT2D eigenvalue weighted by atomic mass is 10.2. The average molecular weight is 298 g/mol. The smallest absolute Gasteiger partial charge is 0.240 e. The summed E-state index contributed by atoms with van der Waals surface area (Å²) in [6, 6.07) is 5.38. The van der Waals surface area contributed by atoms with Crippen molar-refractivity contribution in [2.24, 2.45) is 0 Å². The van der Waals surface area contributed by atoms with Gasteiger partial charge in [0.05, 0.1) is 17.4 Å².